The van der Waals surface area contributed by atoms with Gasteiger partial charge < -0.3 is 0 Å². The molecule has 2 atom stereocenters. The Morgan fingerprint density at radius 1 is 1.45 bits per heavy atom. The summed E-state index contributed by atoms with van der Waals surface area (Å²) in [6, 6.07) is 3.81. The molecular weight excluding hydrogens is 325 g/mol. The lowest BCUT2D eigenvalue weighted by atomic mass is 10.2. The van der Waals surface area contributed by atoms with Crippen molar-refractivity contribution in [2.45, 2.75) is 24.3 Å². The molecule has 0 aliphatic rings. The largest absolute Gasteiger partial charge is 0.260 e. The summed E-state index contributed by atoms with van der Waals surface area (Å²) in [4.78, 5) is 0. The Morgan fingerprint density at radius 3 is 2.65 bits per heavy atom. The van der Waals surface area contributed by atoms with Crippen molar-refractivity contribution in [2.24, 2.45) is 0 Å². The Balaban J connectivity index is 2.57. The Bertz CT molecular complexity index is 592. The Labute approximate surface area is 126 Å². The highest BCUT2D eigenvalue weighted by Crippen LogP contribution is 2.17. The zero-order valence-corrected chi connectivity index (χ0v) is 13.6. The zero-order chi connectivity index (χ0) is 15.3. The van der Waals surface area contributed by atoms with Gasteiger partial charge in [0.25, 0.3) is 0 Å². The molecule has 0 bridgehead atoms. The zero-order valence-electron chi connectivity index (χ0n) is 11.2. The van der Waals surface area contributed by atoms with Crippen LogP contribution in [-0.4, -0.2) is 30.7 Å². The number of rotatable bonds is 7. The second-order valence-corrected chi connectivity index (χ2v) is 8.52. The maximum absolute atomic E-state index is 13.0. The van der Waals surface area contributed by atoms with Gasteiger partial charge in [0.05, 0.1) is 10.8 Å². The summed E-state index contributed by atoms with van der Waals surface area (Å²) in [5.74, 6) is -0.851. The molecule has 0 aromatic heterocycles. The molecule has 1 aromatic rings. The molecule has 0 saturated carbocycles. The molecule has 0 heterocycles. The maximum Gasteiger partial charge on any atom is 0.215 e. The highest BCUT2D eigenvalue weighted by atomic mass is 35.5. The molecular formula is C12H17ClFNO3S2. The van der Waals surface area contributed by atoms with E-state index in [1.54, 1.807) is 13.2 Å². The molecule has 0 aliphatic carbocycles. The van der Waals surface area contributed by atoms with Crippen LogP contribution in [0.1, 0.15) is 18.9 Å². The van der Waals surface area contributed by atoms with Crippen molar-refractivity contribution in [3.8, 4) is 0 Å². The summed E-state index contributed by atoms with van der Waals surface area (Å²) in [6.07, 6.45) is 2.08. The molecule has 0 fully saturated rings. The van der Waals surface area contributed by atoms with Gasteiger partial charge in [0.2, 0.25) is 10.0 Å². The van der Waals surface area contributed by atoms with Crippen LogP contribution >= 0.6 is 11.6 Å². The topological polar surface area (TPSA) is 63.2 Å². The van der Waals surface area contributed by atoms with Crippen LogP contribution in [0.2, 0.25) is 5.02 Å². The fourth-order valence-electron chi connectivity index (χ4n) is 1.48. The monoisotopic (exact) mass is 341 g/mol. The quantitative estimate of drug-likeness (QED) is 0.825. The van der Waals surface area contributed by atoms with Crippen LogP contribution in [0.4, 0.5) is 4.39 Å². The molecule has 0 aliphatic heterocycles. The Hall–Kier alpha value is -0.500. The third-order valence-electron chi connectivity index (χ3n) is 2.78. The van der Waals surface area contributed by atoms with Crippen molar-refractivity contribution in [2.75, 3.05) is 12.8 Å². The summed E-state index contributed by atoms with van der Waals surface area (Å²) in [5, 5.41) is -0.175. The van der Waals surface area contributed by atoms with E-state index in [1.165, 1.54) is 12.1 Å². The molecule has 4 nitrogen and oxygen atoms in total. The lowest BCUT2D eigenvalue weighted by molar-refractivity contribution is 0.576. The second kappa shape index (κ2) is 7.49. The van der Waals surface area contributed by atoms with Crippen molar-refractivity contribution in [3.63, 3.8) is 0 Å². The van der Waals surface area contributed by atoms with Crippen LogP contribution in [0.3, 0.4) is 0 Å². The number of hydrogen-bond acceptors (Lipinski definition) is 3. The molecule has 0 spiro atoms. The first kappa shape index (κ1) is 17.6. The van der Waals surface area contributed by atoms with Gasteiger partial charge in [0, 0.05) is 28.9 Å². The maximum atomic E-state index is 13.0. The minimum Gasteiger partial charge on any atom is -0.260 e. The second-order valence-electron chi connectivity index (χ2n) is 4.50. The molecule has 1 aromatic carbocycles. The predicted octanol–water partition coefficient (Wildman–Crippen LogP) is 2.06. The van der Waals surface area contributed by atoms with E-state index in [4.69, 9.17) is 11.6 Å². The van der Waals surface area contributed by atoms with Gasteiger partial charge in [-0.3, -0.25) is 4.21 Å². The van der Waals surface area contributed by atoms with E-state index in [9.17, 15) is 17.0 Å². The number of benzene rings is 1. The minimum atomic E-state index is -3.52. The summed E-state index contributed by atoms with van der Waals surface area (Å²) < 4.78 is 50.2. The molecule has 8 heteroatoms. The highest BCUT2D eigenvalue weighted by Gasteiger charge is 2.14. The molecule has 0 unspecified atom stereocenters. The highest BCUT2D eigenvalue weighted by molar-refractivity contribution is 7.88. The summed E-state index contributed by atoms with van der Waals surface area (Å²) in [5.41, 5.74) is 0.413. The van der Waals surface area contributed by atoms with Crippen LogP contribution < -0.4 is 4.72 Å². The SMILES string of the molecule is C[C@H](CCNS(=O)(=O)Cc1ccc(F)c(Cl)c1)[S@@](C)=O. The summed E-state index contributed by atoms with van der Waals surface area (Å²) >= 11 is 5.60. The summed E-state index contributed by atoms with van der Waals surface area (Å²) in [6.45, 7) is 2.02. The smallest absolute Gasteiger partial charge is 0.215 e. The Morgan fingerprint density at radius 2 is 2.10 bits per heavy atom. The minimum absolute atomic E-state index is 0.0713. The number of hydrogen-bond donors (Lipinski definition) is 1. The lowest BCUT2D eigenvalue weighted by Gasteiger charge is -2.10. The van der Waals surface area contributed by atoms with Gasteiger partial charge in [-0.1, -0.05) is 24.6 Å². The predicted molar refractivity (Wildman–Crippen MR) is 80.2 cm³/mol. The van der Waals surface area contributed by atoms with E-state index in [-0.39, 0.29) is 22.6 Å². The molecule has 1 rings (SSSR count). The normalized spacial score (nSPS) is 15.0. The van der Waals surface area contributed by atoms with Crippen molar-refractivity contribution in [3.05, 3.63) is 34.6 Å². The summed E-state index contributed by atoms with van der Waals surface area (Å²) in [7, 11) is -4.49. The van der Waals surface area contributed by atoms with Gasteiger partial charge in [-0.25, -0.2) is 17.5 Å². The molecule has 0 saturated heterocycles. The molecule has 114 valence electrons. The van der Waals surface area contributed by atoms with Gasteiger partial charge in [0.1, 0.15) is 5.82 Å². The van der Waals surface area contributed by atoms with Gasteiger partial charge >= 0.3 is 0 Å². The molecule has 0 radical (unpaired) electrons. The van der Waals surface area contributed by atoms with Crippen molar-refractivity contribution in [1.29, 1.82) is 0 Å². The van der Waals surface area contributed by atoms with Gasteiger partial charge in [-0.15, -0.1) is 0 Å². The van der Waals surface area contributed by atoms with Crippen LogP contribution in [0.5, 0.6) is 0 Å². The number of halogens is 2. The van der Waals surface area contributed by atoms with Gasteiger partial charge in [-0.05, 0) is 24.1 Å². The Kier molecular flexibility index (Phi) is 6.57. The van der Waals surface area contributed by atoms with Gasteiger partial charge in [-0.2, -0.15) is 0 Å². The first-order valence-electron chi connectivity index (χ1n) is 5.95. The van der Waals surface area contributed by atoms with E-state index in [1.807, 2.05) is 0 Å². The first-order chi connectivity index (χ1) is 9.21. The van der Waals surface area contributed by atoms with E-state index in [0.29, 0.717) is 12.0 Å². The third kappa shape index (κ3) is 5.87. The fraction of sp³-hybridized carbons (Fsp3) is 0.500. The third-order valence-corrected chi connectivity index (χ3v) is 5.80. The lowest BCUT2D eigenvalue weighted by Crippen LogP contribution is -2.28. The molecule has 1 N–H and O–H groups in total. The van der Waals surface area contributed by atoms with E-state index in [2.05, 4.69) is 4.72 Å². The van der Waals surface area contributed by atoms with Gasteiger partial charge in [0.15, 0.2) is 0 Å². The number of nitrogens with one attached hydrogen (secondary N) is 1. The average molecular weight is 342 g/mol. The average Bonchev–Trinajstić information content (AvgIpc) is 2.33. The van der Waals surface area contributed by atoms with E-state index < -0.39 is 26.6 Å². The first-order valence-corrected chi connectivity index (χ1v) is 9.60. The molecule has 20 heavy (non-hydrogen) atoms. The standard InChI is InChI=1S/C12H17ClFNO3S2/c1-9(19(2)16)5-6-15-20(17,18)8-10-3-4-12(14)11(13)7-10/h3-4,7,9,15H,5-6,8H2,1-2H3/t9-,19-/m1/s1. The van der Waals surface area contributed by atoms with Crippen LogP contribution in [0, 0.1) is 5.82 Å². The fourth-order valence-corrected chi connectivity index (χ4v) is 3.29. The van der Waals surface area contributed by atoms with Crippen LogP contribution in [0.15, 0.2) is 18.2 Å². The van der Waals surface area contributed by atoms with Crippen molar-refractivity contribution < 1.29 is 17.0 Å². The van der Waals surface area contributed by atoms with Crippen molar-refractivity contribution >= 4 is 32.4 Å². The van der Waals surface area contributed by atoms with E-state index >= 15 is 0 Å². The number of sulfonamides is 1. The van der Waals surface area contributed by atoms with E-state index in [0.717, 1.165) is 6.07 Å². The van der Waals surface area contributed by atoms with Crippen LogP contribution in [0.25, 0.3) is 0 Å². The molecule has 0 amide bonds. The van der Waals surface area contributed by atoms with Crippen molar-refractivity contribution in [1.82, 2.24) is 4.72 Å². The van der Waals surface area contributed by atoms with Crippen LogP contribution in [-0.2, 0) is 26.6 Å².